The third-order valence-corrected chi connectivity index (χ3v) is 3.74. The fourth-order valence-corrected chi connectivity index (χ4v) is 2.84. The highest BCUT2D eigenvalue weighted by Crippen LogP contribution is 2.24. The van der Waals surface area contributed by atoms with Gasteiger partial charge in [0.25, 0.3) is 5.56 Å². The van der Waals surface area contributed by atoms with Crippen LogP contribution in [-0.2, 0) is 6.54 Å². The van der Waals surface area contributed by atoms with Crippen LogP contribution in [0.2, 0.25) is 0 Å². The summed E-state index contributed by atoms with van der Waals surface area (Å²) < 4.78 is 7.93. The standard InChI is InChI=1S/C15H17BrN2O2/c1-9-5-12(16)7-18(15(9)19)8-13-11(3)14(20-4)10(2)6-17-13/h5-7H,8H2,1-4H3. The second kappa shape index (κ2) is 5.79. The number of aromatic nitrogens is 2. The Kier molecular flexibility index (Phi) is 4.28. The second-order valence-corrected chi connectivity index (χ2v) is 5.74. The van der Waals surface area contributed by atoms with Crippen LogP contribution in [0.4, 0.5) is 0 Å². The van der Waals surface area contributed by atoms with E-state index in [2.05, 4.69) is 20.9 Å². The highest BCUT2D eigenvalue weighted by molar-refractivity contribution is 9.10. The molecule has 0 atom stereocenters. The van der Waals surface area contributed by atoms with E-state index >= 15 is 0 Å². The van der Waals surface area contributed by atoms with E-state index in [1.165, 1.54) is 0 Å². The average molecular weight is 337 g/mol. The summed E-state index contributed by atoms with van der Waals surface area (Å²) in [5, 5.41) is 0. The van der Waals surface area contributed by atoms with Crippen LogP contribution in [0.1, 0.15) is 22.4 Å². The number of rotatable bonds is 3. The predicted molar refractivity (Wildman–Crippen MR) is 82.5 cm³/mol. The summed E-state index contributed by atoms with van der Waals surface area (Å²) in [7, 11) is 1.65. The van der Waals surface area contributed by atoms with E-state index in [-0.39, 0.29) is 5.56 Å². The molecule has 0 fully saturated rings. The second-order valence-electron chi connectivity index (χ2n) is 4.82. The molecule has 0 aliphatic heterocycles. The zero-order chi connectivity index (χ0) is 14.9. The summed E-state index contributed by atoms with van der Waals surface area (Å²) in [6.45, 7) is 6.16. The van der Waals surface area contributed by atoms with Gasteiger partial charge in [-0.25, -0.2) is 0 Å². The highest BCUT2D eigenvalue weighted by atomic mass is 79.9. The van der Waals surface area contributed by atoms with E-state index in [9.17, 15) is 4.79 Å². The fourth-order valence-electron chi connectivity index (χ4n) is 2.25. The molecule has 0 aliphatic carbocycles. The first kappa shape index (κ1) is 14.8. The van der Waals surface area contributed by atoms with Gasteiger partial charge in [-0.3, -0.25) is 9.78 Å². The van der Waals surface area contributed by atoms with Crippen molar-refractivity contribution in [1.29, 1.82) is 0 Å². The Hall–Kier alpha value is -1.62. The summed E-state index contributed by atoms with van der Waals surface area (Å²) in [6, 6.07) is 1.81. The smallest absolute Gasteiger partial charge is 0.253 e. The van der Waals surface area contributed by atoms with Crippen LogP contribution in [0.3, 0.4) is 0 Å². The fraction of sp³-hybridized carbons (Fsp3) is 0.333. The van der Waals surface area contributed by atoms with Gasteiger partial charge in [0.2, 0.25) is 0 Å². The zero-order valence-electron chi connectivity index (χ0n) is 12.0. The minimum atomic E-state index is -0.00561. The lowest BCUT2D eigenvalue weighted by Crippen LogP contribution is -2.23. The van der Waals surface area contributed by atoms with Crippen LogP contribution >= 0.6 is 15.9 Å². The molecule has 0 radical (unpaired) electrons. The van der Waals surface area contributed by atoms with Gasteiger partial charge in [0.05, 0.1) is 19.3 Å². The first-order valence-electron chi connectivity index (χ1n) is 6.29. The van der Waals surface area contributed by atoms with E-state index in [0.717, 1.165) is 27.0 Å². The Morgan fingerprint density at radius 1 is 1.30 bits per heavy atom. The lowest BCUT2D eigenvalue weighted by molar-refractivity contribution is 0.406. The quantitative estimate of drug-likeness (QED) is 0.865. The van der Waals surface area contributed by atoms with Crippen molar-refractivity contribution >= 4 is 15.9 Å². The van der Waals surface area contributed by atoms with Gasteiger partial charge in [-0.2, -0.15) is 0 Å². The van der Waals surface area contributed by atoms with Gasteiger partial charge in [-0.05, 0) is 42.8 Å². The van der Waals surface area contributed by atoms with E-state index < -0.39 is 0 Å². The van der Waals surface area contributed by atoms with Crippen LogP contribution in [-0.4, -0.2) is 16.7 Å². The Morgan fingerprint density at radius 2 is 2.00 bits per heavy atom. The number of halogens is 1. The topological polar surface area (TPSA) is 44.1 Å². The van der Waals surface area contributed by atoms with E-state index in [4.69, 9.17) is 4.74 Å². The number of aryl methyl sites for hydroxylation is 2. The minimum absolute atomic E-state index is 0.00561. The maximum absolute atomic E-state index is 12.1. The van der Waals surface area contributed by atoms with Crippen molar-refractivity contribution in [3.8, 4) is 5.75 Å². The normalized spacial score (nSPS) is 10.7. The van der Waals surface area contributed by atoms with Crippen molar-refractivity contribution in [2.45, 2.75) is 27.3 Å². The Bertz CT molecular complexity index is 708. The molecule has 5 heteroatoms. The van der Waals surface area contributed by atoms with Gasteiger partial charge in [0.15, 0.2) is 0 Å². The first-order chi connectivity index (χ1) is 9.43. The van der Waals surface area contributed by atoms with Crippen molar-refractivity contribution in [2.75, 3.05) is 7.11 Å². The molecule has 4 nitrogen and oxygen atoms in total. The molecule has 106 valence electrons. The van der Waals surface area contributed by atoms with Crippen molar-refractivity contribution in [3.05, 3.63) is 55.7 Å². The lowest BCUT2D eigenvalue weighted by Gasteiger charge is -2.13. The molecule has 0 aliphatic rings. The molecule has 0 bridgehead atoms. The first-order valence-corrected chi connectivity index (χ1v) is 7.09. The van der Waals surface area contributed by atoms with Gasteiger partial charge in [0, 0.05) is 33.6 Å². The number of hydrogen-bond acceptors (Lipinski definition) is 3. The van der Waals surface area contributed by atoms with E-state index in [1.807, 2.05) is 19.9 Å². The largest absolute Gasteiger partial charge is 0.496 e. The van der Waals surface area contributed by atoms with Crippen molar-refractivity contribution in [2.24, 2.45) is 0 Å². The SMILES string of the molecule is COc1c(C)cnc(Cn2cc(Br)cc(C)c2=O)c1C. The van der Waals surface area contributed by atoms with Crippen LogP contribution in [0.25, 0.3) is 0 Å². The Balaban J connectivity index is 2.48. The molecule has 0 saturated heterocycles. The molecule has 0 N–H and O–H groups in total. The maximum Gasteiger partial charge on any atom is 0.253 e. The van der Waals surface area contributed by atoms with Crippen molar-refractivity contribution in [1.82, 2.24) is 9.55 Å². The van der Waals surface area contributed by atoms with E-state index in [1.54, 1.807) is 31.0 Å². The number of pyridine rings is 2. The van der Waals surface area contributed by atoms with Crippen molar-refractivity contribution < 1.29 is 4.74 Å². The predicted octanol–water partition coefficient (Wildman–Crippen LogP) is 2.99. The van der Waals surface area contributed by atoms with Gasteiger partial charge >= 0.3 is 0 Å². The van der Waals surface area contributed by atoms with Gasteiger partial charge < -0.3 is 9.30 Å². The molecule has 0 saturated carbocycles. The molecule has 0 unspecified atom stereocenters. The molecule has 0 amide bonds. The van der Waals surface area contributed by atoms with Crippen LogP contribution in [0, 0.1) is 20.8 Å². The van der Waals surface area contributed by atoms with E-state index in [0.29, 0.717) is 12.1 Å². The highest BCUT2D eigenvalue weighted by Gasteiger charge is 2.11. The summed E-state index contributed by atoms with van der Waals surface area (Å²) in [4.78, 5) is 16.6. The molecule has 0 aromatic carbocycles. The Morgan fingerprint density at radius 3 is 2.65 bits per heavy atom. The molecule has 0 spiro atoms. The number of hydrogen-bond donors (Lipinski definition) is 0. The van der Waals surface area contributed by atoms with Crippen LogP contribution in [0.15, 0.2) is 27.7 Å². The van der Waals surface area contributed by atoms with Gasteiger partial charge in [0.1, 0.15) is 5.75 Å². The lowest BCUT2D eigenvalue weighted by atomic mass is 10.1. The summed E-state index contributed by atoms with van der Waals surface area (Å²) in [5.74, 6) is 0.828. The number of nitrogens with zero attached hydrogens (tertiary/aromatic N) is 2. The third kappa shape index (κ3) is 2.77. The van der Waals surface area contributed by atoms with Crippen LogP contribution < -0.4 is 10.3 Å². The third-order valence-electron chi connectivity index (χ3n) is 3.30. The summed E-state index contributed by atoms with van der Waals surface area (Å²) >= 11 is 3.41. The average Bonchev–Trinajstić information content (AvgIpc) is 2.39. The Labute approximate surface area is 126 Å². The van der Waals surface area contributed by atoms with Crippen LogP contribution in [0.5, 0.6) is 5.75 Å². The molecule has 2 heterocycles. The molecule has 20 heavy (non-hydrogen) atoms. The molecular weight excluding hydrogens is 320 g/mol. The van der Waals surface area contributed by atoms with Gasteiger partial charge in [-0.1, -0.05) is 0 Å². The monoisotopic (exact) mass is 336 g/mol. The molecule has 2 aromatic rings. The van der Waals surface area contributed by atoms with Gasteiger partial charge in [-0.15, -0.1) is 0 Å². The number of ether oxygens (including phenoxy) is 1. The zero-order valence-corrected chi connectivity index (χ0v) is 13.6. The molecular formula is C15H17BrN2O2. The summed E-state index contributed by atoms with van der Waals surface area (Å²) in [5.41, 5.74) is 3.50. The number of methoxy groups -OCH3 is 1. The minimum Gasteiger partial charge on any atom is -0.496 e. The molecule has 2 rings (SSSR count). The maximum atomic E-state index is 12.1. The van der Waals surface area contributed by atoms with Crippen molar-refractivity contribution in [3.63, 3.8) is 0 Å². The molecule has 2 aromatic heterocycles. The summed E-state index contributed by atoms with van der Waals surface area (Å²) in [6.07, 6.45) is 3.56.